The van der Waals surface area contributed by atoms with E-state index >= 15 is 0 Å². The Balaban J connectivity index is 2.55. The Morgan fingerprint density at radius 2 is 1.63 bits per heavy atom. The Hall–Kier alpha value is -1.78. The molecule has 0 saturated heterocycles. The molecule has 2 aromatic carbocycles. The lowest BCUT2D eigenvalue weighted by atomic mass is 10.2. The number of hydrogen-bond acceptors (Lipinski definition) is 4. The van der Waals surface area contributed by atoms with Crippen LogP contribution in [-0.4, -0.2) is 25.8 Å². The van der Waals surface area contributed by atoms with Gasteiger partial charge in [-0.05, 0) is 49.2 Å². The van der Waals surface area contributed by atoms with Crippen molar-refractivity contribution < 1.29 is 13.2 Å². The normalized spacial score (nSPS) is 11.4. The zero-order valence-electron chi connectivity index (χ0n) is 15.1. The molecular weight excluding hydrogens is 407 g/mol. The first-order chi connectivity index (χ1) is 12.8. The zero-order chi connectivity index (χ0) is 20.0. The third-order valence-corrected chi connectivity index (χ3v) is 6.06. The van der Waals surface area contributed by atoms with Crippen molar-refractivity contribution in [1.82, 2.24) is 4.31 Å². The minimum atomic E-state index is -3.84. The predicted molar refractivity (Wildman–Crippen MR) is 107 cm³/mol. The minimum absolute atomic E-state index is 0.0560. The van der Waals surface area contributed by atoms with Gasteiger partial charge in [-0.15, -0.1) is 0 Å². The molecule has 0 radical (unpaired) electrons. The molecule has 2 rings (SSSR count). The second-order valence-electron chi connectivity index (χ2n) is 5.88. The van der Waals surface area contributed by atoms with Gasteiger partial charge in [-0.3, -0.25) is 0 Å². The molecule has 0 amide bonds. The van der Waals surface area contributed by atoms with E-state index in [1.807, 2.05) is 19.9 Å². The smallest absolute Gasteiger partial charge is 0.246 e. The highest BCUT2D eigenvalue weighted by atomic mass is 35.5. The summed E-state index contributed by atoms with van der Waals surface area (Å²) >= 11 is 12.0. The van der Waals surface area contributed by atoms with Gasteiger partial charge < -0.3 is 4.74 Å². The van der Waals surface area contributed by atoms with Crippen LogP contribution in [0.25, 0.3) is 0 Å². The quantitative estimate of drug-likeness (QED) is 0.560. The topological polar surface area (TPSA) is 70.4 Å². The molecule has 0 saturated carbocycles. The first kappa shape index (κ1) is 21.5. The van der Waals surface area contributed by atoms with E-state index in [1.165, 1.54) is 34.6 Å². The van der Waals surface area contributed by atoms with Crippen LogP contribution < -0.4 is 4.74 Å². The molecule has 5 nitrogen and oxygen atoms in total. The summed E-state index contributed by atoms with van der Waals surface area (Å²) in [5.74, 6) is 0.427. The highest BCUT2D eigenvalue weighted by Crippen LogP contribution is 2.34. The maximum atomic E-state index is 13.2. The molecule has 27 heavy (non-hydrogen) atoms. The Labute approximate surface area is 170 Å². The lowest BCUT2D eigenvalue weighted by molar-refractivity contribution is 0.404. The molecule has 0 aromatic heterocycles. The number of sulfonamides is 1. The maximum Gasteiger partial charge on any atom is 0.246 e. The number of hydrogen-bond donors (Lipinski definition) is 0. The summed E-state index contributed by atoms with van der Waals surface area (Å²) in [6, 6.07) is 10.9. The molecule has 0 spiro atoms. The predicted octanol–water partition coefficient (Wildman–Crippen LogP) is 5.47. The number of nitrogens with zero attached hydrogens (tertiary/aromatic N) is 2. The molecular formula is C19H20Cl2N2O3S. The number of nitriles is 1. The number of halogens is 2. The summed E-state index contributed by atoms with van der Waals surface area (Å²) in [6.45, 7) is 4.59. The summed E-state index contributed by atoms with van der Waals surface area (Å²) in [5, 5.41) is 9.93. The van der Waals surface area contributed by atoms with Crippen molar-refractivity contribution in [3.63, 3.8) is 0 Å². The molecule has 8 heteroatoms. The van der Waals surface area contributed by atoms with Crippen LogP contribution in [0.4, 0.5) is 0 Å². The van der Waals surface area contributed by atoms with Crippen LogP contribution in [0.3, 0.4) is 0 Å². The Morgan fingerprint density at radius 3 is 2.15 bits per heavy atom. The molecule has 0 aliphatic carbocycles. The molecule has 0 aliphatic rings. The SMILES string of the molecule is CCCN(CCC)S(=O)(=O)c1cc(C#N)ccc1Oc1cc(Cl)cc(Cl)c1. The summed E-state index contributed by atoms with van der Waals surface area (Å²) in [7, 11) is -3.84. The van der Waals surface area contributed by atoms with Crippen molar-refractivity contribution in [2.45, 2.75) is 31.6 Å². The average Bonchev–Trinajstić information content (AvgIpc) is 2.61. The van der Waals surface area contributed by atoms with E-state index < -0.39 is 10.0 Å². The van der Waals surface area contributed by atoms with E-state index in [9.17, 15) is 13.7 Å². The van der Waals surface area contributed by atoms with Crippen molar-refractivity contribution in [2.75, 3.05) is 13.1 Å². The van der Waals surface area contributed by atoms with Gasteiger partial charge in [0.15, 0.2) is 0 Å². The van der Waals surface area contributed by atoms with E-state index in [0.717, 1.165) is 0 Å². The van der Waals surface area contributed by atoms with E-state index in [4.69, 9.17) is 27.9 Å². The lowest BCUT2D eigenvalue weighted by Gasteiger charge is -2.22. The standard InChI is InChI=1S/C19H20Cl2N2O3S/c1-3-7-23(8-4-2)27(24,25)19-9-14(13-22)5-6-18(19)26-17-11-15(20)10-16(21)12-17/h5-6,9-12H,3-4,7-8H2,1-2H3. The lowest BCUT2D eigenvalue weighted by Crippen LogP contribution is -2.32. The van der Waals surface area contributed by atoms with E-state index in [1.54, 1.807) is 6.07 Å². The molecule has 0 fully saturated rings. The first-order valence-corrected chi connectivity index (χ1v) is 10.7. The molecule has 0 heterocycles. The number of ether oxygens (including phenoxy) is 1. The largest absolute Gasteiger partial charge is 0.456 e. The van der Waals surface area contributed by atoms with Gasteiger partial charge in [-0.2, -0.15) is 9.57 Å². The van der Waals surface area contributed by atoms with Crippen molar-refractivity contribution in [3.05, 3.63) is 52.0 Å². The second-order valence-corrected chi connectivity index (χ2v) is 8.66. The second kappa shape index (κ2) is 9.43. The van der Waals surface area contributed by atoms with Crippen LogP contribution in [0.5, 0.6) is 11.5 Å². The van der Waals surface area contributed by atoms with Gasteiger partial charge in [0, 0.05) is 23.1 Å². The first-order valence-electron chi connectivity index (χ1n) is 8.50. The summed E-state index contributed by atoms with van der Waals surface area (Å²) < 4.78 is 33.6. The molecule has 2 aromatic rings. The van der Waals surface area contributed by atoms with Gasteiger partial charge in [0.05, 0.1) is 11.6 Å². The van der Waals surface area contributed by atoms with Crippen LogP contribution in [0.15, 0.2) is 41.3 Å². The average molecular weight is 427 g/mol. The van der Waals surface area contributed by atoms with Crippen LogP contribution in [0, 0.1) is 11.3 Å². The molecule has 0 bridgehead atoms. The fraction of sp³-hybridized carbons (Fsp3) is 0.316. The van der Waals surface area contributed by atoms with Crippen molar-refractivity contribution in [2.24, 2.45) is 0 Å². The molecule has 0 aliphatic heterocycles. The zero-order valence-corrected chi connectivity index (χ0v) is 17.4. The molecule has 144 valence electrons. The Bertz CT molecular complexity index is 930. The van der Waals surface area contributed by atoms with Gasteiger partial charge in [-0.1, -0.05) is 37.0 Å². The highest BCUT2D eigenvalue weighted by Gasteiger charge is 2.27. The van der Waals surface area contributed by atoms with Crippen molar-refractivity contribution in [3.8, 4) is 17.6 Å². The molecule has 0 atom stereocenters. The monoisotopic (exact) mass is 426 g/mol. The van der Waals surface area contributed by atoms with Crippen molar-refractivity contribution >= 4 is 33.2 Å². The summed E-state index contributed by atoms with van der Waals surface area (Å²) in [4.78, 5) is -0.0560. The Kier molecular flexibility index (Phi) is 7.51. The fourth-order valence-electron chi connectivity index (χ4n) is 2.57. The van der Waals surface area contributed by atoms with E-state index in [2.05, 4.69) is 0 Å². The minimum Gasteiger partial charge on any atom is -0.456 e. The summed E-state index contributed by atoms with van der Waals surface area (Å²) in [6.07, 6.45) is 1.36. The van der Waals surface area contributed by atoms with Gasteiger partial charge in [0.1, 0.15) is 16.4 Å². The summed E-state index contributed by atoms with van der Waals surface area (Å²) in [5.41, 5.74) is 0.234. The highest BCUT2D eigenvalue weighted by molar-refractivity contribution is 7.89. The van der Waals surface area contributed by atoms with Crippen LogP contribution in [-0.2, 0) is 10.0 Å². The third-order valence-electron chi connectivity index (χ3n) is 3.70. The van der Waals surface area contributed by atoms with E-state index in [-0.39, 0.29) is 16.2 Å². The fourth-order valence-corrected chi connectivity index (χ4v) is 4.84. The van der Waals surface area contributed by atoms with Crippen LogP contribution in [0.2, 0.25) is 10.0 Å². The van der Waals surface area contributed by atoms with Gasteiger partial charge in [0.25, 0.3) is 0 Å². The third kappa shape index (κ3) is 5.36. The Morgan fingerprint density at radius 1 is 1.04 bits per heavy atom. The van der Waals surface area contributed by atoms with Crippen LogP contribution in [0.1, 0.15) is 32.3 Å². The maximum absolute atomic E-state index is 13.2. The van der Waals surface area contributed by atoms with Crippen LogP contribution >= 0.6 is 23.2 Å². The number of rotatable bonds is 8. The van der Waals surface area contributed by atoms with Crippen molar-refractivity contribution in [1.29, 1.82) is 5.26 Å². The number of benzene rings is 2. The van der Waals surface area contributed by atoms with Gasteiger partial charge in [-0.25, -0.2) is 8.42 Å². The van der Waals surface area contributed by atoms with Gasteiger partial charge in [0.2, 0.25) is 10.0 Å². The van der Waals surface area contributed by atoms with E-state index in [0.29, 0.717) is 41.7 Å². The molecule has 0 unspecified atom stereocenters. The molecule has 0 N–H and O–H groups in total. The van der Waals surface area contributed by atoms with Gasteiger partial charge >= 0.3 is 0 Å².